The molecular weight excluding hydrogens is 478 g/mol. The Morgan fingerprint density at radius 2 is 1.86 bits per heavy atom. The Morgan fingerprint density at radius 3 is 2.44 bits per heavy atom. The number of fused-ring (bicyclic) bond motifs is 1. The number of likely N-dealkylation sites (tertiary alicyclic amines) is 1. The Balaban J connectivity index is 1.63. The van der Waals surface area contributed by atoms with Gasteiger partial charge in [-0.2, -0.15) is 0 Å². The summed E-state index contributed by atoms with van der Waals surface area (Å²) in [6, 6.07) is 12.6. The summed E-state index contributed by atoms with van der Waals surface area (Å²) in [6.45, 7) is 10.1. The first-order chi connectivity index (χ1) is 17.0. The Bertz CT molecular complexity index is 1200. The molecule has 3 unspecified atom stereocenters. The highest BCUT2D eigenvalue weighted by molar-refractivity contribution is 7.92. The third-order valence-corrected chi connectivity index (χ3v) is 9.22. The molecular formula is C27H37N3O5S. The van der Waals surface area contributed by atoms with Crippen LogP contribution in [0.3, 0.4) is 0 Å². The van der Waals surface area contributed by atoms with E-state index in [1.165, 1.54) is 9.21 Å². The standard InChI is InChI=1S/C27H37N3O5S/c1-5-20-6-8-22(9-7-20)30(15-18(2)3)36(34,35)23-10-11-25-24(14-23)26(31)12-13-28(25)16-21-17-29(19(21)4)27(32)33/h6-11,14,18-19,21,26,31H,5,12-13,15-17H2,1-4H3,(H,32,33). The van der Waals surface area contributed by atoms with Crippen molar-refractivity contribution in [3.05, 3.63) is 53.6 Å². The minimum Gasteiger partial charge on any atom is -0.465 e. The van der Waals surface area contributed by atoms with Crippen LogP contribution in [0.15, 0.2) is 47.4 Å². The Hall–Kier alpha value is -2.78. The van der Waals surface area contributed by atoms with Crippen molar-refractivity contribution in [1.29, 1.82) is 0 Å². The lowest BCUT2D eigenvalue weighted by molar-refractivity contribution is 0.0354. The normalized spacial score (nSPS) is 21.8. The van der Waals surface area contributed by atoms with Crippen molar-refractivity contribution in [2.75, 3.05) is 35.4 Å². The molecule has 2 aromatic rings. The molecule has 0 saturated carbocycles. The van der Waals surface area contributed by atoms with Crippen LogP contribution in [-0.4, -0.2) is 61.8 Å². The van der Waals surface area contributed by atoms with E-state index in [1.807, 2.05) is 45.0 Å². The molecule has 0 bridgehead atoms. The number of aryl methyl sites for hydroxylation is 1. The summed E-state index contributed by atoms with van der Waals surface area (Å²) in [6.07, 6.45) is -0.278. The second-order valence-electron chi connectivity index (χ2n) is 10.4. The maximum atomic E-state index is 13.8. The van der Waals surface area contributed by atoms with Gasteiger partial charge in [-0.1, -0.05) is 32.9 Å². The third-order valence-electron chi connectivity index (χ3n) is 7.43. The molecule has 0 aromatic heterocycles. The van der Waals surface area contributed by atoms with Crippen molar-refractivity contribution in [2.24, 2.45) is 11.8 Å². The topological polar surface area (TPSA) is 101 Å². The molecule has 2 heterocycles. The predicted octanol–water partition coefficient (Wildman–Crippen LogP) is 4.34. The molecule has 1 saturated heterocycles. The number of carbonyl (C=O) groups is 1. The lowest BCUT2D eigenvalue weighted by Gasteiger charge is -2.47. The fourth-order valence-electron chi connectivity index (χ4n) is 5.12. The highest BCUT2D eigenvalue weighted by Crippen LogP contribution is 2.38. The van der Waals surface area contributed by atoms with Gasteiger partial charge >= 0.3 is 6.09 Å². The minimum absolute atomic E-state index is 0.0684. The van der Waals surface area contributed by atoms with Gasteiger partial charge in [-0.15, -0.1) is 0 Å². The summed E-state index contributed by atoms with van der Waals surface area (Å²) in [5, 5.41) is 20.0. The summed E-state index contributed by atoms with van der Waals surface area (Å²) < 4.78 is 29.1. The van der Waals surface area contributed by atoms with Crippen molar-refractivity contribution in [2.45, 2.75) is 57.6 Å². The van der Waals surface area contributed by atoms with E-state index in [4.69, 9.17) is 0 Å². The number of benzene rings is 2. The van der Waals surface area contributed by atoms with E-state index < -0.39 is 22.2 Å². The second-order valence-corrected chi connectivity index (χ2v) is 12.2. The van der Waals surface area contributed by atoms with Crippen molar-refractivity contribution < 1.29 is 23.4 Å². The molecule has 0 radical (unpaired) electrons. The average Bonchev–Trinajstić information content (AvgIpc) is 2.85. The molecule has 2 aliphatic rings. The smallest absolute Gasteiger partial charge is 0.407 e. The second kappa shape index (κ2) is 10.3. The van der Waals surface area contributed by atoms with Crippen molar-refractivity contribution in [3.8, 4) is 0 Å². The van der Waals surface area contributed by atoms with Gasteiger partial charge in [-0.3, -0.25) is 4.31 Å². The largest absolute Gasteiger partial charge is 0.465 e. The number of carboxylic acid groups (broad SMARTS) is 1. The summed E-state index contributed by atoms with van der Waals surface area (Å²) in [4.78, 5) is 15.0. The van der Waals surface area contributed by atoms with Gasteiger partial charge in [-0.05, 0) is 61.6 Å². The van der Waals surface area contributed by atoms with Gasteiger partial charge in [0, 0.05) is 49.4 Å². The van der Waals surface area contributed by atoms with E-state index in [0.29, 0.717) is 43.9 Å². The molecule has 196 valence electrons. The monoisotopic (exact) mass is 515 g/mol. The number of rotatable bonds is 8. The average molecular weight is 516 g/mol. The lowest BCUT2D eigenvalue weighted by Crippen LogP contribution is -2.60. The molecule has 1 amide bonds. The molecule has 4 rings (SSSR count). The highest BCUT2D eigenvalue weighted by Gasteiger charge is 2.40. The number of amides is 1. The zero-order valence-electron chi connectivity index (χ0n) is 21.5. The van der Waals surface area contributed by atoms with Crippen LogP contribution in [0.2, 0.25) is 0 Å². The van der Waals surface area contributed by atoms with Gasteiger partial charge in [-0.25, -0.2) is 13.2 Å². The number of anilines is 2. The first-order valence-corrected chi connectivity index (χ1v) is 14.1. The Morgan fingerprint density at radius 1 is 1.17 bits per heavy atom. The quantitative estimate of drug-likeness (QED) is 0.542. The Kier molecular flexibility index (Phi) is 7.52. The molecule has 0 spiro atoms. The van der Waals surface area contributed by atoms with E-state index in [0.717, 1.165) is 17.7 Å². The summed E-state index contributed by atoms with van der Waals surface area (Å²) in [7, 11) is -3.85. The van der Waals surface area contributed by atoms with Crippen LogP contribution in [0.5, 0.6) is 0 Å². The van der Waals surface area contributed by atoms with Gasteiger partial charge < -0.3 is 20.0 Å². The maximum Gasteiger partial charge on any atom is 0.407 e. The van der Waals surface area contributed by atoms with Gasteiger partial charge in [0.25, 0.3) is 10.0 Å². The van der Waals surface area contributed by atoms with E-state index in [9.17, 15) is 23.4 Å². The van der Waals surface area contributed by atoms with Gasteiger partial charge in [0.15, 0.2) is 0 Å². The van der Waals surface area contributed by atoms with Crippen LogP contribution in [0.1, 0.15) is 51.3 Å². The molecule has 9 heteroatoms. The maximum absolute atomic E-state index is 13.8. The molecule has 1 fully saturated rings. The van der Waals surface area contributed by atoms with E-state index in [2.05, 4.69) is 11.8 Å². The highest BCUT2D eigenvalue weighted by atomic mass is 32.2. The summed E-state index contributed by atoms with van der Waals surface area (Å²) in [5.41, 5.74) is 3.19. The van der Waals surface area contributed by atoms with Gasteiger partial charge in [0.1, 0.15) is 0 Å². The zero-order valence-corrected chi connectivity index (χ0v) is 22.3. The molecule has 2 N–H and O–H groups in total. The fourth-order valence-corrected chi connectivity index (χ4v) is 6.79. The first-order valence-electron chi connectivity index (χ1n) is 12.7. The molecule has 2 aliphatic heterocycles. The Labute approximate surface area is 214 Å². The number of sulfonamides is 1. The van der Waals surface area contributed by atoms with Crippen LogP contribution >= 0.6 is 0 Å². The fraction of sp³-hybridized carbons (Fsp3) is 0.519. The first kappa shape index (κ1) is 26.3. The lowest BCUT2D eigenvalue weighted by atomic mass is 9.88. The summed E-state index contributed by atoms with van der Waals surface area (Å²) in [5.74, 6) is 0.319. The molecule has 3 atom stereocenters. The molecule has 0 aliphatic carbocycles. The minimum atomic E-state index is -3.85. The zero-order chi connectivity index (χ0) is 26.2. The van der Waals surface area contributed by atoms with Crippen molar-refractivity contribution >= 4 is 27.5 Å². The van der Waals surface area contributed by atoms with Gasteiger partial charge in [0.05, 0.1) is 16.7 Å². The molecule has 36 heavy (non-hydrogen) atoms. The van der Waals surface area contributed by atoms with Crippen LogP contribution in [0.4, 0.5) is 16.2 Å². The molecule has 2 aromatic carbocycles. The molecule has 8 nitrogen and oxygen atoms in total. The van der Waals surface area contributed by atoms with Crippen LogP contribution < -0.4 is 9.21 Å². The summed E-state index contributed by atoms with van der Waals surface area (Å²) >= 11 is 0. The third kappa shape index (κ3) is 5.04. The number of aliphatic hydroxyl groups excluding tert-OH is 1. The number of hydrogen-bond acceptors (Lipinski definition) is 5. The van der Waals surface area contributed by atoms with Crippen LogP contribution in [0, 0.1) is 11.8 Å². The van der Waals surface area contributed by atoms with Crippen molar-refractivity contribution in [1.82, 2.24) is 4.90 Å². The van der Waals surface area contributed by atoms with Crippen LogP contribution in [0.25, 0.3) is 0 Å². The van der Waals surface area contributed by atoms with Crippen molar-refractivity contribution in [3.63, 3.8) is 0 Å². The SMILES string of the molecule is CCc1ccc(N(CC(C)C)S(=O)(=O)c2ccc3c(c2)C(O)CCN3CC2CN(C(=O)O)C2C)cc1. The number of aliphatic hydroxyl groups is 1. The number of nitrogens with zero attached hydrogens (tertiary/aromatic N) is 3. The van der Waals surface area contributed by atoms with E-state index >= 15 is 0 Å². The van der Waals surface area contributed by atoms with Crippen LogP contribution in [-0.2, 0) is 16.4 Å². The predicted molar refractivity (Wildman–Crippen MR) is 141 cm³/mol. The van der Waals surface area contributed by atoms with Gasteiger partial charge in [0.2, 0.25) is 0 Å². The van der Waals surface area contributed by atoms with E-state index in [1.54, 1.807) is 18.2 Å². The van der Waals surface area contributed by atoms with E-state index in [-0.39, 0.29) is 22.8 Å². The number of hydrogen-bond donors (Lipinski definition) is 2.